The molecule has 0 unspecified atom stereocenters. The number of benzene rings is 1. The summed E-state index contributed by atoms with van der Waals surface area (Å²) in [6.45, 7) is 6.93. The Bertz CT molecular complexity index is 1090. The fourth-order valence-corrected chi connectivity index (χ4v) is 2.93. The quantitative estimate of drug-likeness (QED) is 0.347. The topological polar surface area (TPSA) is 147 Å². The van der Waals surface area contributed by atoms with Gasteiger partial charge in [0.25, 0.3) is 0 Å². The van der Waals surface area contributed by atoms with Gasteiger partial charge < -0.3 is 29.4 Å². The van der Waals surface area contributed by atoms with Crippen LogP contribution in [-0.2, 0) is 13.0 Å². The van der Waals surface area contributed by atoms with Crippen LogP contribution in [0, 0.1) is 17.0 Å². The summed E-state index contributed by atoms with van der Waals surface area (Å²) in [5.41, 5.74) is 1.54. The summed E-state index contributed by atoms with van der Waals surface area (Å²) >= 11 is 0. The molecular weight excluding hydrogens is 420 g/mol. The first-order chi connectivity index (χ1) is 15.4. The lowest BCUT2D eigenvalue weighted by Crippen LogP contribution is -2.26. The molecule has 1 amide bonds. The third-order valence-electron chi connectivity index (χ3n) is 4.42. The fourth-order valence-electron chi connectivity index (χ4n) is 2.93. The zero-order valence-corrected chi connectivity index (χ0v) is 18.0. The van der Waals surface area contributed by atoms with Gasteiger partial charge in [0.1, 0.15) is 6.54 Å². The first-order valence-corrected chi connectivity index (χ1v) is 10.1. The Morgan fingerprint density at radius 3 is 2.66 bits per heavy atom. The maximum Gasteiger partial charge on any atom is 0.390 e. The molecule has 12 nitrogen and oxygen atoms in total. The lowest BCUT2D eigenvalue weighted by atomic mass is 10.1. The van der Waals surface area contributed by atoms with Crippen LogP contribution in [0.1, 0.15) is 41.6 Å². The van der Waals surface area contributed by atoms with Crippen molar-refractivity contribution in [3.63, 3.8) is 0 Å². The SMILES string of the molecule is CCOc1ccc(CCNC(=O)c2nc(Cn3nc([N+](=O)[O-])cc3C)no2)cc1OCC. The van der Waals surface area contributed by atoms with Crippen molar-refractivity contribution in [3.8, 4) is 11.5 Å². The molecule has 0 aliphatic heterocycles. The van der Waals surface area contributed by atoms with Crippen molar-refractivity contribution in [1.82, 2.24) is 25.2 Å². The molecule has 2 aromatic heterocycles. The van der Waals surface area contributed by atoms with Gasteiger partial charge in [-0.3, -0.25) is 4.79 Å². The molecule has 0 aliphatic carbocycles. The monoisotopic (exact) mass is 444 g/mol. The molecule has 0 bridgehead atoms. The first kappa shape index (κ1) is 22.7. The second kappa shape index (κ2) is 10.4. The van der Waals surface area contributed by atoms with Gasteiger partial charge in [-0.1, -0.05) is 11.2 Å². The van der Waals surface area contributed by atoms with Crippen LogP contribution in [0.25, 0.3) is 0 Å². The summed E-state index contributed by atoms with van der Waals surface area (Å²) in [5.74, 6) is 0.547. The number of nitrogens with zero attached hydrogens (tertiary/aromatic N) is 5. The Morgan fingerprint density at radius 1 is 1.22 bits per heavy atom. The lowest BCUT2D eigenvalue weighted by Gasteiger charge is -2.12. The van der Waals surface area contributed by atoms with Crippen LogP contribution in [0.4, 0.5) is 5.82 Å². The van der Waals surface area contributed by atoms with Gasteiger partial charge in [-0.05, 0) is 49.8 Å². The maximum atomic E-state index is 12.3. The summed E-state index contributed by atoms with van der Waals surface area (Å²) < 4.78 is 17.5. The Hall–Kier alpha value is -3.96. The van der Waals surface area contributed by atoms with Gasteiger partial charge in [-0.2, -0.15) is 9.67 Å². The van der Waals surface area contributed by atoms with Crippen molar-refractivity contribution in [2.75, 3.05) is 19.8 Å². The Kier molecular flexibility index (Phi) is 7.37. The molecule has 3 aromatic rings. The number of nitro groups is 1. The molecule has 0 spiro atoms. The van der Waals surface area contributed by atoms with Crippen molar-refractivity contribution in [2.24, 2.45) is 0 Å². The van der Waals surface area contributed by atoms with Gasteiger partial charge in [0.05, 0.1) is 30.1 Å². The predicted molar refractivity (Wildman–Crippen MR) is 112 cm³/mol. The Labute approximate surface area is 183 Å². The average Bonchev–Trinajstić information content (AvgIpc) is 3.37. The molecule has 170 valence electrons. The number of hydrogen-bond donors (Lipinski definition) is 1. The van der Waals surface area contributed by atoms with Crippen molar-refractivity contribution < 1.29 is 23.7 Å². The van der Waals surface area contributed by atoms with Crippen molar-refractivity contribution in [1.29, 1.82) is 0 Å². The van der Waals surface area contributed by atoms with E-state index in [9.17, 15) is 14.9 Å². The molecule has 3 rings (SSSR count). The fraction of sp³-hybridized carbons (Fsp3) is 0.400. The number of aromatic nitrogens is 4. The highest BCUT2D eigenvalue weighted by atomic mass is 16.6. The van der Waals surface area contributed by atoms with Crippen molar-refractivity contribution in [3.05, 3.63) is 57.4 Å². The number of hydrogen-bond acceptors (Lipinski definition) is 9. The Balaban J connectivity index is 1.55. The van der Waals surface area contributed by atoms with Crippen LogP contribution < -0.4 is 14.8 Å². The molecule has 1 aromatic carbocycles. The average molecular weight is 444 g/mol. The number of ether oxygens (including phenoxy) is 2. The van der Waals surface area contributed by atoms with Crippen LogP contribution in [0.2, 0.25) is 0 Å². The van der Waals surface area contributed by atoms with E-state index in [0.29, 0.717) is 43.4 Å². The molecule has 0 saturated carbocycles. The molecule has 1 N–H and O–H groups in total. The number of rotatable bonds is 11. The summed E-state index contributed by atoms with van der Waals surface area (Å²) in [4.78, 5) is 26.6. The van der Waals surface area contributed by atoms with E-state index < -0.39 is 10.8 Å². The summed E-state index contributed by atoms with van der Waals surface area (Å²) in [6.07, 6.45) is 0.565. The van der Waals surface area contributed by atoms with Gasteiger partial charge >= 0.3 is 17.6 Å². The summed E-state index contributed by atoms with van der Waals surface area (Å²) in [5, 5.41) is 21.2. The molecule has 0 aliphatic rings. The second-order valence-corrected chi connectivity index (χ2v) is 6.73. The van der Waals surface area contributed by atoms with E-state index in [2.05, 4.69) is 20.6 Å². The molecule has 0 fully saturated rings. The highest BCUT2D eigenvalue weighted by Crippen LogP contribution is 2.28. The largest absolute Gasteiger partial charge is 0.490 e. The zero-order chi connectivity index (χ0) is 23.1. The lowest BCUT2D eigenvalue weighted by molar-refractivity contribution is -0.389. The number of aryl methyl sites for hydroxylation is 1. The maximum absolute atomic E-state index is 12.3. The molecular formula is C20H24N6O6. The standard InChI is InChI=1S/C20H24N6O6/c1-4-30-15-7-6-14(11-16(15)31-5-2)8-9-21-19(27)20-22-17(24-32-20)12-25-13(3)10-18(23-25)26(28)29/h6-7,10-11H,4-5,8-9,12H2,1-3H3,(H,21,27). The first-order valence-electron chi connectivity index (χ1n) is 10.1. The molecule has 12 heteroatoms. The van der Waals surface area contributed by atoms with Gasteiger partial charge in [0.15, 0.2) is 17.3 Å². The van der Waals surface area contributed by atoms with E-state index in [1.54, 1.807) is 6.92 Å². The minimum Gasteiger partial charge on any atom is -0.490 e. The van der Waals surface area contributed by atoms with E-state index in [4.69, 9.17) is 14.0 Å². The van der Waals surface area contributed by atoms with E-state index in [1.165, 1.54) is 10.7 Å². The van der Waals surface area contributed by atoms with Gasteiger partial charge in [0.2, 0.25) is 0 Å². The van der Waals surface area contributed by atoms with E-state index in [1.807, 2.05) is 32.0 Å². The smallest absolute Gasteiger partial charge is 0.390 e. The van der Waals surface area contributed by atoms with Crippen LogP contribution in [0.3, 0.4) is 0 Å². The molecule has 2 heterocycles. The van der Waals surface area contributed by atoms with Crippen LogP contribution in [0.5, 0.6) is 11.5 Å². The third kappa shape index (κ3) is 5.59. The molecule has 32 heavy (non-hydrogen) atoms. The number of carbonyl (C=O) groups is 1. The minimum atomic E-state index is -0.583. The number of amides is 1. The molecule has 0 atom stereocenters. The van der Waals surface area contributed by atoms with Crippen molar-refractivity contribution in [2.45, 2.75) is 33.7 Å². The second-order valence-electron chi connectivity index (χ2n) is 6.73. The summed E-state index contributed by atoms with van der Waals surface area (Å²) in [7, 11) is 0. The highest BCUT2D eigenvalue weighted by molar-refractivity contribution is 5.89. The van der Waals surface area contributed by atoms with Crippen LogP contribution in [0.15, 0.2) is 28.8 Å². The molecule has 0 saturated heterocycles. The van der Waals surface area contributed by atoms with Gasteiger partial charge in [0, 0.05) is 6.54 Å². The summed E-state index contributed by atoms with van der Waals surface area (Å²) in [6, 6.07) is 6.98. The number of carbonyl (C=O) groups excluding carboxylic acids is 1. The Morgan fingerprint density at radius 2 is 1.97 bits per heavy atom. The van der Waals surface area contributed by atoms with E-state index in [0.717, 1.165) is 5.56 Å². The zero-order valence-electron chi connectivity index (χ0n) is 18.0. The van der Waals surface area contributed by atoms with Crippen LogP contribution >= 0.6 is 0 Å². The number of nitrogens with one attached hydrogen (secondary N) is 1. The molecule has 0 radical (unpaired) electrons. The van der Waals surface area contributed by atoms with Gasteiger partial charge in [-0.25, -0.2) is 0 Å². The normalized spacial score (nSPS) is 10.7. The van der Waals surface area contributed by atoms with E-state index >= 15 is 0 Å². The highest BCUT2D eigenvalue weighted by Gasteiger charge is 2.19. The van der Waals surface area contributed by atoms with Crippen molar-refractivity contribution >= 4 is 11.7 Å². The van der Waals surface area contributed by atoms with Gasteiger partial charge in [-0.15, -0.1) is 0 Å². The third-order valence-corrected chi connectivity index (χ3v) is 4.42. The van der Waals surface area contributed by atoms with E-state index in [-0.39, 0.29) is 24.1 Å². The van der Waals surface area contributed by atoms with Crippen LogP contribution in [-0.4, -0.2) is 50.5 Å². The predicted octanol–water partition coefficient (Wildman–Crippen LogP) is 2.30. The minimum absolute atomic E-state index is 0.0445.